The molecule has 1 aromatic rings. The third-order valence-corrected chi connectivity index (χ3v) is 3.66. The van der Waals surface area contributed by atoms with Gasteiger partial charge in [0.15, 0.2) is 0 Å². The molecular weight excluding hydrogens is 198 g/mol. The minimum atomic E-state index is -0.324. The summed E-state index contributed by atoms with van der Waals surface area (Å²) in [6.45, 7) is 4.31. The maximum atomic E-state index is 10.3. The van der Waals surface area contributed by atoms with Crippen molar-refractivity contribution in [1.29, 1.82) is 0 Å². The van der Waals surface area contributed by atoms with Crippen molar-refractivity contribution < 1.29 is 5.11 Å². The number of nitrogens with zero attached hydrogens (tertiary/aromatic N) is 1. The van der Waals surface area contributed by atoms with Crippen LogP contribution in [-0.2, 0) is 0 Å². The van der Waals surface area contributed by atoms with Gasteiger partial charge in [-0.15, -0.1) is 0 Å². The Hall–Kier alpha value is -0.890. The lowest BCUT2D eigenvalue weighted by molar-refractivity contribution is 0.0711. The van der Waals surface area contributed by atoms with Crippen LogP contribution in [0.15, 0.2) is 18.5 Å². The Kier molecular flexibility index (Phi) is 3.59. The molecule has 0 aliphatic heterocycles. The van der Waals surface area contributed by atoms with Crippen molar-refractivity contribution in [2.45, 2.75) is 45.6 Å². The summed E-state index contributed by atoms with van der Waals surface area (Å²) in [5, 5.41) is 10.3. The van der Waals surface area contributed by atoms with Gasteiger partial charge in [0.25, 0.3) is 0 Å². The van der Waals surface area contributed by atoms with E-state index in [9.17, 15) is 5.11 Å². The highest BCUT2D eigenvalue weighted by atomic mass is 16.3. The predicted octanol–water partition coefficient (Wildman–Crippen LogP) is 3.25. The van der Waals surface area contributed by atoms with E-state index in [0.717, 1.165) is 29.9 Å². The summed E-state index contributed by atoms with van der Waals surface area (Å²) in [4.78, 5) is 4.16. The van der Waals surface area contributed by atoms with Crippen LogP contribution in [0, 0.1) is 18.8 Å². The van der Waals surface area contributed by atoms with Gasteiger partial charge in [0.05, 0.1) is 6.10 Å². The molecule has 2 rings (SSSR count). The summed E-state index contributed by atoms with van der Waals surface area (Å²) in [5.74, 6) is 1.18. The second kappa shape index (κ2) is 4.96. The number of aliphatic hydroxyl groups is 1. The smallest absolute Gasteiger partial charge is 0.0833 e. The molecule has 0 amide bonds. The first kappa shape index (κ1) is 11.6. The molecule has 0 spiro atoms. The summed E-state index contributed by atoms with van der Waals surface area (Å²) in [6, 6.07) is 2.05. The lowest BCUT2D eigenvalue weighted by Crippen LogP contribution is -2.20. The normalized spacial score (nSPS) is 27.7. The minimum Gasteiger partial charge on any atom is -0.388 e. The Morgan fingerprint density at radius 2 is 2.19 bits per heavy atom. The molecule has 1 N–H and O–H groups in total. The second-order valence-electron chi connectivity index (χ2n) is 5.27. The van der Waals surface area contributed by atoms with Gasteiger partial charge in [-0.25, -0.2) is 0 Å². The van der Waals surface area contributed by atoms with Crippen molar-refractivity contribution in [2.75, 3.05) is 0 Å². The number of pyridine rings is 1. The molecule has 3 unspecified atom stereocenters. The van der Waals surface area contributed by atoms with Gasteiger partial charge in [-0.1, -0.05) is 25.8 Å². The van der Waals surface area contributed by atoms with Crippen LogP contribution in [0.2, 0.25) is 0 Å². The van der Waals surface area contributed by atoms with Crippen LogP contribution in [-0.4, -0.2) is 10.1 Å². The van der Waals surface area contributed by atoms with Gasteiger partial charge in [-0.2, -0.15) is 0 Å². The third kappa shape index (κ3) is 2.62. The van der Waals surface area contributed by atoms with E-state index >= 15 is 0 Å². The molecule has 1 aromatic heterocycles. The third-order valence-electron chi connectivity index (χ3n) is 3.66. The van der Waals surface area contributed by atoms with Crippen LogP contribution < -0.4 is 0 Å². The molecule has 1 heterocycles. The fourth-order valence-electron chi connectivity index (χ4n) is 2.78. The maximum absolute atomic E-state index is 10.3. The fraction of sp³-hybridized carbons (Fsp3) is 0.643. The van der Waals surface area contributed by atoms with E-state index in [2.05, 4.69) is 18.0 Å². The average molecular weight is 219 g/mol. The van der Waals surface area contributed by atoms with Crippen molar-refractivity contribution in [3.05, 3.63) is 29.6 Å². The highest BCUT2D eigenvalue weighted by Crippen LogP contribution is 2.36. The number of aliphatic hydroxyl groups excluding tert-OH is 1. The number of aryl methyl sites for hydroxylation is 1. The summed E-state index contributed by atoms with van der Waals surface area (Å²) in [7, 11) is 0. The molecule has 1 aliphatic rings. The molecule has 16 heavy (non-hydrogen) atoms. The Bertz CT molecular complexity index is 350. The van der Waals surface area contributed by atoms with E-state index in [1.165, 1.54) is 12.8 Å². The highest BCUT2D eigenvalue weighted by molar-refractivity contribution is 5.19. The topological polar surface area (TPSA) is 33.1 Å². The minimum absolute atomic E-state index is 0.324. The molecule has 2 nitrogen and oxygen atoms in total. The fourth-order valence-corrected chi connectivity index (χ4v) is 2.78. The van der Waals surface area contributed by atoms with E-state index < -0.39 is 0 Å². The summed E-state index contributed by atoms with van der Waals surface area (Å²) < 4.78 is 0. The molecule has 3 atom stereocenters. The van der Waals surface area contributed by atoms with E-state index in [-0.39, 0.29) is 6.10 Å². The second-order valence-corrected chi connectivity index (χ2v) is 5.27. The molecule has 0 bridgehead atoms. The molecule has 1 aliphatic carbocycles. The number of aromatic nitrogens is 1. The Morgan fingerprint density at radius 1 is 1.38 bits per heavy atom. The molecule has 1 saturated carbocycles. The van der Waals surface area contributed by atoms with Gasteiger partial charge in [-0.05, 0) is 42.7 Å². The van der Waals surface area contributed by atoms with Crippen molar-refractivity contribution in [2.24, 2.45) is 11.8 Å². The first-order valence-electron chi connectivity index (χ1n) is 6.26. The quantitative estimate of drug-likeness (QED) is 0.828. The van der Waals surface area contributed by atoms with Crippen LogP contribution in [0.1, 0.15) is 49.8 Å². The monoisotopic (exact) mass is 219 g/mol. The molecule has 0 radical (unpaired) electrons. The van der Waals surface area contributed by atoms with Gasteiger partial charge < -0.3 is 5.11 Å². The van der Waals surface area contributed by atoms with Gasteiger partial charge in [0, 0.05) is 12.4 Å². The molecular formula is C14H21NO. The SMILES string of the molecule is Cc1cncc(C(O)C2CCCC(C)C2)c1. The zero-order valence-electron chi connectivity index (χ0n) is 10.2. The molecule has 0 saturated heterocycles. The lowest BCUT2D eigenvalue weighted by Gasteiger charge is -2.30. The number of hydrogen-bond donors (Lipinski definition) is 1. The first-order valence-corrected chi connectivity index (χ1v) is 6.26. The molecule has 0 aromatic carbocycles. The molecule has 2 heteroatoms. The van der Waals surface area contributed by atoms with Crippen molar-refractivity contribution in [1.82, 2.24) is 4.98 Å². The van der Waals surface area contributed by atoms with Gasteiger partial charge in [0.1, 0.15) is 0 Å². The van der Waals surface area contributed by atoms with Crippen molar-refractivity contribution in [3.63, 3.8) is 0 Å². The maximum Gasteiger partial charge on any atom is 0.0833 e. The van der Waals surface area contributed by atoms with Crippen molar-refractivity contribution in [3.8, 4) is 0 Å². The zero-order chi connectivity index (χ0) is 11.5. The zero-order valence-corrected chi connectivity index (χ0v) is 10.2. The standard InChI is InChI=1S/C14H21NO/c1-10-4-3-5-12(6-10)14(16)13-7-11(2)8-15-9-13/h7-10,12,14,16H,3-6H2,1-2H3. The van der Waals surface area contributed by atoms with Crippen LogP contribution in [0.3, 0.4) is 0 Å². The summed E-state index contributed by atoms with van der Waals surface area (Å²) in [6.07, 6.45) is 8.18. The predicted molar refractivity (Wildman–Crippen MR) is 65.1 cm³/mol. The largest absolute Gasteiger partial charge is 0.388 e. The Morgan fingerprint density at radius 3 is 2.88 bits per heavy atom. The van der Waals surface area contributed by atoms with Gasteiger partial charge in [0.2, 0.25) is 0 Å². The number of rotatable bonds is 2. The summed E-state index contributed by atoms with van der Waals surface area (Å²) in [5.41, 5.74) is 2.11. The molecule has 88 valence electrons. The van der Waals surface area contributed by atoms with Crippen LogP contribution in [0.5, 0.6) is 0 Å². The van der Waals surface area contributed by atoms with Crippen LogP contribution in [0.25, 0.3) is 0 Å². The lowest BCUT2D eigenvalue weighted by atomic mass is 9.78. The Balaban J connectivity index is 2.09. The first-order chi connectivity index (χ1) is 7.66. The van der Waals surface area contributed by atoms with E-state index in [4.69, 9.17) is 0 Å². The number of hydrogen-bond acceptors (Lipinski definition) is 2. The van der Waals surface area contributed by atoms with Gasteiger partial charge in [-0.3, -0.25) is 4.98 Å². The summed E-state index contributed by atoms with van der Waals surface area (Å²) >= 11 is 0. The van der Waals surface area contributed by atoms with Crippen molar-refractivity contribution >= 4 is 0 Å². The van der Waals surface area contributed by atoms with Crippen LogP contribution >= 0.6 is 0 Å². The van der Waals surface area contributed by atoms with E-state index in [0.29, 0.717) is 5.92 Å². The van der Waals surface area contributed by atoms with E-state index in [1.807, 2.05) is 13.1 Å². The van der Waals surface area contributed by atoms with E-state index in [1.54, 1.807) is 6.20 Å². The Labute approximate surface area is 97.7 Å². The molecule has 1 fully saturated rings. The van der Waals surface area contributed by atoms with Gasteiger partial charge >= 0.3 is 0 Å². The van der Waals surface area contributed by atoms with Crippen LogP contribution in [0.4, 0.5) is 0 Å². The average Bonchev–Trinajstić information content (AvgIpc) is 2.28. The highest BCUT2D eigenvalue weighted by Gasteiger charge is 2.26.